The van der Waals surface area contributed by atoms with E-state index >= 15 is 0 Å². The Hall–Kier alpha value is -2.70. The zero-order valence-electron chi connectivity index (χ0n) is 14.8. The van der Waals surface area contributed by atoms with Crippen LogP contribution >= 0.6 is 0 Å². The van der Waals surface area contributed by atoms with Crippen LogP contribution in [0.5, 0.6) is 0 Å². The lowest BCUT2D eigenvalue weighted by Crippen LogP contribution is -2.48. The Labute approximate surface area is 146 Å². The van der Waals surface area contributed by atoms with E-state index in [1.165, 1.54) is 0 Å². The highest BCUT2D eigenvalue weighted by Gasteiger charge is 2.26. The number of anilines is 1. The fourth-order valence-corrected chi connectivity index (χ4v) is 3.10. The number of carbonyl (C=O) groups is 2. The quantitative estimate of drug-likeness (QED) is 0.792. The molecular weight excluding hydrogens is 320 g/mol. The average Bonchev–Trinajstić information content (AvgIpc) is 2.60. The van der Waals surface area contributed by atoms with Gasteiger partial charge in [0.1, 0.15) is 5.56 Å². The van der Waals surface area contributed by atoms with E-state index in [-0.39, 0.29) is 11.9 Å². The molecule has 7 heteroatoms. The molecule has 0 radical (unpaired) electrons. The lowest BCUT2D eigenvalue weighted by atomic mass is 10.1. The van der Waals surface area contributed by atoms with Crippen LogP contribution in [-0.2, 0) is 9.53 Å². The molecule has 0 bridgehead atoms. The van der Waals surface area contributed by atoms with Gasteiger partial charge in [-0.1, -0.05) is 0 Å². The molecule has 0 saturated carbocycles. The highest BCUT2D eigenvalue weighted by Crippen LogP contribution is 2.30. The lowest BCUT2D eigenvalue weighted by molar-refractivity contribution is -0.129. The van der Waals surface area contributed by atoms with Gasteiger partial charge in [0.05, 0.1) is 12.3 Å². The van der Waals surface area contributed by atoms with Crippen molar-refractivity contribution in [2.45, 2.75) is 20.8 Å². The third kappa shape index (κ3) is 3.40. The minimum Gasteiger partial charge on any atom is -0.462 e. The van der Waals surface area contributed by atoms with Crippen molar-refractivity contribution in [1.82, 2.24) is 14.9 Å². The van der Waals surface area contributed by atoms with Crippen molar-refractivity contribution in [3.63, 3.8) is 0 Å². The van der Waals surface area contributed by atoms with Gasteiger partial charge in [0.25, 0.3) is 0 Å². The second-order valence-corrected chi connectivity index (χ2v) is 6.06. The van der Waals surface area contributed by atoms with Gasteiger partial charge in [0.15, 0.2) is 5.65 Å². The van der Waals surface area contributed by atoms with E-state index in [9.17, 15) is 9.59 Å². The topological polar surface area (TPSA) is 75.6 Å². The summed E-state index contributed by atoms with van der Waals surface area (Å²) in [6, 6.07) is 3.86. The number of carbonyl (C=O) groups excluding carboxylic acids is 2. The monoisotopic (exact) mass is 342 g/mol. The van der Waals surface area contributed by atoms with Crippen LogP contribution in [0.15, 0.2) is 18.3 Å². The molecule has 1 aliphatic heterocycles. The van der Waals surface area contributed by atoms with Crippen LogP contribution in [0.2, 0.25) is 0 Å². The van der Waals surface area contributed by atoms with E-state index < -0.39 is 0 Å². The van der Waals surface area contributed by atoms with Crippen LogP contribution in [-0.4, -0.2) is 59.5 Å². The van der Waals surface area contributed by atoms with E-state index in [1.54, 1.807) is 20.0 Å². The number of esters is 1. The SMILES string of the molecule is CCOC(=O)c1cnc2nc(C)ccc2c1N1CCN(C(C)=O)CC1. The molecule has 0 N–H and O–H groups in total. The number of pyridine rings is 2. The molecule has 132 valence electrons. The van der Waals surface area contributed by atoms with Gasteiger partial charge in [-0.05, 0) is 26.0 Å². The maximum absolute atomic E-state index is 12.4. The highest BCUT2D eigenvalue weighted by atomic mass is 16.5. The number of amides is 1. The van der Waals surface area contributed by atoms with Crippen LogP contribution < -0.4 is 4.90 Å². The van der Waals surface area contributed by atoms with Crippen molar-refractivity contribution in [3.05, 3.63) is 29.6 Å². The summed E-state index contributed by atoms with van der Waals surface area (Å²) in [5, 5.41) is 0.826. The summed E-state index contributed by atoms with van der Waals surface area (Å²) < 4.78 is 5.20. The third-order valence-electron chi connectivity index (χ3n) is 4.38. The number of rotatable bonds is 3. The molecule has 3 rings (SSSR count). The van der Waals surface area contributed by atoms with E-state index in [1.807, 2.05) is 24.0 Å². The van der Waals surface area contributed by atoms with Gasteiger partial charge in [-0.2, -0.15) is 0 Å². The molecule has 1 amide bonds. The number of fused-ring (bicyclic) bond motifs is 1. The molecule has 0 aromatic carbocycles. The van der Waals surface area contributed by atoms with Gasteiger partial charge in [-0.15, -0.1) is 0 Å². The molecule has 2 aromatic heterocycles. The molecule has 1 saturated heterocycles. The molecule has 0 spiro atoms. The molecule has 7 nitrogen and oxygen atoms in total. The lowest BCUT2D eigenvalue weighted by Gasteiger charge is -2.36. The van der Waals surface area contributed by atoms with Crippen molar-refractivity contribution in [2.75, 3.05) is 37.7 Å². The van der Waals surface area contributed by atoms with Gasteiger partial charge >= 0.3 is 5.97 Å². The Kier molecular flexibility index (Phi) is 4.83. The number of aromatic nitrogens is 2. The first-order valence-corrected chi connectivity index (χ1v) is 8.45. The Bertz CT molecular complexity index is 813. The minimum atomic E-state index is -0.388. The fraction of sp³-hybridized carbons (Fsp3) is 0.444. The van der Waals surface area contributed by atoms with Crippen molar-refractivity contribution in [1.29, 1.82) is 0 Å². The molecule has 25 heavy (non-hydrogen) atoms. The van der Waals surface area contributed by atoms with Crippen LogP contribution in [0, 0.1) is 6.92 Å². The number of hydrogen-bond donors (Lipinski definition) is 0. The largest absolute Gasteiger partial charge is 0.462 e. The molecule has 3 heterocycles. The Morgan fingerprint density at radius 3 is 2.56 bits per heavy atom. The summed E-state index contributed by atoms with van der Waals surface area (Å²) in [6.07, 6.45) is 1.54. The standard InChI is InChI=1S/C18H22N4O3/c1-4-25-18(24)15-11-19-17-14(6-5-12(2)20-17)16(15)22-9-7-21(8-10-22)13(3)23/h5-6,11H,4,7-10H2,1-3H3. The number of hydrogen-bond acceptors (Lipinski definition) is 6. The van der Waals surface area contributed by atoms with Crippen LogP contribution in [0.1, 0.15) is 29.9 Å². The summed E-state index contributed by atoms with van der Waals surface area (Å²) in [4.78, 5) is 36.7. The maximum Gasteiger partial charge on any atom is 0.341 e. The second kappa shape index (κ2) is 7.04. The number of ether oxygens (including phenoxy) is 1. The highest BCUT2D eigenvalue weighted by molar-refractivity contribution is 6.04. The predicted octanol–water partition coefficient (Wildman–Crippen LogP) is 1.78. The van der Waals surface area contributed by atoms with Gasteiger partial charge < -0.3 is 14.5 Å². The number of nitrogens with zero attached hydrogens (tertiary/aromatic N) is 4. The molecule has 0 aliphatic carbocycles. The van der Waals surface area contributed by atoms with Gasteiger partial charge in [-0.3, -0.25) is 4.79 Å². The van der Waals surface area contributed by atoms with Crippen LogP contribution in [0.3, 0.4) is 0 Å². The Morgan fingerprint density at radius 2 is 1.92 bits per heavy atom. The van der Waals surface area contributed by atoms with E-state index in [0.29, 0.717) is 44.0 Å². The summed E-state index contributed by atoms with van der Waals surface area (Å²) in [7, 11) is 0. The Balaban J connectivity index is 2.05. The Morgan fingerprint density at radius 1 is 1.20 bits per heavy atom. The van der Waals surface area contributed by atoms with Gasteiger partial charge in [0.2, 0.25) is 5.91 Å². The van der Waals surface area contributed by atoms with Crippen molar-refractivity contribution in [3.8, 4) is 0 Å². The van der Waals surface area contributed by atoms with E-state index in [4.69, 9.17) is 4.74 Å². The predicted molar refractivity (Wildman–Crippen MR) is 94.7 cm³/mol. The maximum atomic E-state index is 12.4. The van der Waals surface area contributed by atoms with Crippen molar-refractivity contribution >= 4 is 28.6 Å². The third-order valence-corrected chi connectivity index (χ3v) is 4.38. The first-order valence-electron chi connectivity index (χ1n) is 8.45. The first-order chi connectivity index (χ1) is 12.0. The summed E-state index contributed by atoms with van der Waals surface area (Å²) in [6.45, 7) is 8.13. The molecule has 2 aromatic rings. The zero-order valence-corrected chi connectivity index (χ0v) is 14.8. The molecule has 0 unspecified atom stereocenters. The van der Waals surface area contributed by atoms with Crippen LogP contribution in [0.25, 0.3) is 11.0 Å². The first kappa shape index (κ1) is 17.1. The second-order valence-electron chi connectivity index (χ2n) is 6.06. The van der Waals surface area contributed by atoms with Crippen molar-refractivity contribution < 1.29 is 14.3 Å². The van der Waals surface area contributed by atoms with Gasteiger partial charge in [-0.25, -0.2) is 14.8 Å². The molecular formula is C18H22N4O3. The van der Waals surface area contributed by atoms with Crippen LogP contribution in [0.4, 0.5) is 5.69 Å². The molecule has 0 atom stereocenters. The average molecular weight is 342 g/mol. The smallest absolute Gasteiger partial charge is 0.341 e. The number of aryl methyl sites for hydroxylation is 1. The number of piperazine rings is 1. The molecule has 1 fully saturated rings. The van der Waals surface area contributed by atoms with Gasteiger partial charge in [0, 0.05) is 50.4 Å². The van der Waals surface area contributed by atoms with Crippen molar-refractivity contribution in [2.24, 2.45) is 0 Å². The fourth-order valence-electron chi connectivity index (χ4n) is 3.10. The summed E-state index contributed by atoms with van der Waals surface area (Å²) in [5.74, 6) is -0.316. The summed E-state index contributed by atoms with van der Waals surface area (Å²) >= 11 is 0. The normalized spacial score (nSPS) is 14.7. The minimum absolute atomic E-state index is 0.0714. The zero-order chi connectivity index (χ0) is 18.0. The van der Waals surface area contributed by atoms with E-state index in [0.717, 1.165) is 16.8 Å². The van der Waals surface area contributed by atoms with E-state index in [2.05, 4.69) is 14.9 Å². The molecule has 1 aliphatic rings. The summed E-state index contributed by atoms with van der Waals surface area (Å²) in [5.41, 5.74) is 2.71.